The largest absolute Gasteiger partial charge is 0.497 e. The molecule has 1 aliphatic heterocycles. The highest BCUT2D eigenvalue weighted by molar-refractivity contribution is 5.88. The second kappa shape index (κ2) is 7.26. The summed E-state index contributed by atoms with van der Waals surface area (Å²) in [5, 5.41) is 0. The van der Waals surface area contributed by atoms with Crippen LogP contribution in [0.4, 0.5) is 0 Å². The fourth-order valence-electron chi connectivity index (χ4n) is 4.62. The van der Waals surface area contributed by atoms with Gasteiger partial charge in [0.2, 0.25) is 5.91 Å². The molecule has 0 unspecified atom stereocenters. The first-order valence-electron chi connectivity index (χ1n) is 9.77. The number of methoxy groups -OCH3 is 1. The van der Waals surface area contributed by atoms with Crippen LogP contribution in [0.15, 0.2) is 48.5 Å². The van der Waals surface area contributed by atoms with Crippen LogP contribution >= 0.6 is 0 Å². The van der Waals surface area contributed by atoms with Crippen LogP contribution in [0.2, 0.25) is 0 Å². The molecule has 0 bridgehead atoms. The number of benzene rings is 2. The third-order valence-electron chi connectivity index (χ3n) is 6.05. The van der Waals surface area contributed by atoms with Crippen LogP contribution in [0.3, 0.4) is 0 Å². The Morgan fingerprint density at radius 2 is 1.85 bits per heavy atom. The molecule has 4 heteroatoms. The van der Waals surface area contributed by atoms with Gasteiger partial charge < -0.3 is 14.4 Å². The normalized spacial score (nSPS) is 20.0. The molecule has 27 heavy (non-hydrogen) atoms. The summed E-state index contributed by atoms with van der Waals surface area (Å²) >= 11 is 0. The number of ether oxygens (including phenoxy) is 2. The molecule has 1 saturated carbocycles. The van der Waals surface area contributed by atoms with Gasteiger partial charge in [-0.05, 0) is 42.2 Å². The van der Waals surface area contributed by atoms with E-state index in [0.29, 0.717) is 6.54 Å². The minimum atomic E-state index is -0.410. The van der Waals surface area contributed by atoms with E-state index in [-0.39, 0.29) is 12.0 Å². The number of carbonyl (C=O) groups is 1. The second-order valence-corrected chi connectivity index (χ2v) is 7.76. The highest BCUT2D eigenvalue weighted by Crippen LogP contribution is 2.43. The van der Waals surface area contributed by atoms with Gasteiger partial charge in [-0.2, -0.15) is 0 Å². The van der Waals surface area contributed by atoms with Gasteiger partial charge in [0.1, 0.15) is 17.6 Å². The monoisotopic (exact) mass is 365 g/mol. The van der Waals surface area contributed by atoms with Gasteiger partial charge in [-0.15, -0.1) is 0 Å². The molecule has 0 spiro atoms. The molecule has 0 radical (unpaired) electrons. The zero-order valence-corrected chi connectivity index (χ0v) is 16.1. The van der Waals surface area contributed by atoms with Gasteiger partial charge in [0.05, 0.1) is 19.1 Å². The van der Waals surface area contributed by atoms with E-state index in [9.17, 15) is 4.79 Å². The SMILES string of the molecule is COc1ccc(C2(C(=O)N(C)C[C@H]3Cc4ccccc4O3)CCCC2)cc1. The fraction of sp³-hybridized carbons (Fsp3) is 0.435. The Kier molecular flexibility index (Phi) is 4.81. The van der Waals surface area contributed by atoms with E-state index < -0.39 is 5.41 Å². The van der Waals surface area contributed by atoms with Crippen LogP contribution in [0.25, 0.3) is 0 Å². The number of rotatable bonds is 5. The molecule has 1 amide bonds. The van der Waals surface area contributed by atoms with E-state index in [0.717, 1.165) is 49.2 Å². The molecule has 2 aromatic rings. The Morgan fingerprint density at radius 3 is 2.52 bits per heavy atom. The number of amides is 1. The summed E-state index contributed by atoms with van der Waals surface area (Å²) in [7, 11) is 3.58. The van der Waals surface area contributed by atoms with E-state index in [1.807, 2.05) is 42.3 Å². The highest BCUT2D eigenvalue weighted by atomic mass is 16.5. The summed E-state index contributed by atoms with van der Waals surface area (Å²) in [6, 6.07) is 16.2. The van der Waals surface area contributed by atoms with Crippen molar-refractivity contribution in [3.63, 3.8) is 0 Å². The van der Waals surface area contributed by atoms with Crippen molar-refractivity contribution in [2.45, 2.75) is 43.6 Å². The maximum absolute atomic E-state index is 13.5. The summed E-state index contributed by atoms with van der Waals surface area (Å²) in [5.41, 5.74) is 1.93. The zero-order valence-electron chi connectivity index (χ0n) is 16.1. The first kappa shape index (κ1) is 17.9. The Morgan fingerprint density at radius 1 is 1.15 bits per heavy atom. The molecule has 2 aromatic carbocycles. The molecule has 1 atom stereocenters. The zero-order chi connectivity index (χ0) is 18.9. The lowest BCUT2D eigenvalue weighted by molar-refractivity contribution is -0.137. The molecular formula is C23H27NO3. The van der Waals surface area contributed by atoms with Crippen LogP contribution in [0.5, 0.6) is 11.5 Å². The smallest absolute Gasteiger partial charge is 0.233 e. The summed E-state index contributed by atoms with van der Waals surface area (Å²) < 4.78 is 11.3. The summed E-state index contributed by atoms with van der Waals surface area (Å²) in [5.74, 6) is 1.99. The van der Waals surface area contributed by atoms with E-state index in [1.165, 1.54) is 5.56 Å². The third-order valence-corrected chi connectivity index (χ3v) is 6.05. The first-order valence-corrected chi connectivity index (χ1v) is 9.77. The summed E-state index contributed by atoms with van der Waals surface area (Å²) in [4.78, 5) is 15.4. The number of hydrogen-bond donors (Lipinski definition) is 0. The van der Waals surface area contributed by atoms with Crippen molar-refractivity contribution < 1.29 is 14.3 Å². The van der Waals surface area contributed by atoms with Gasteiger partial charge in [-0.1, -0.05) is 43.2 Å². The predicted molar refractivity (Wildman–Crippen MR) is 105 cm³/mol. The minimum Gasteiger partial charge on any atom is -0.497 e. The number of nitrogens with zero attached hydrogens (tertiary/aromatic N) is 1. The number of likely N-dealkylation sites (N-methyl/N-ethyl adjacent to an activating group) is 1. The number of hydrogen-bond acceptors (Lipinski definition) is 3. The Bertz CT molecular complexity index is 784. The average Bonchev–Trinajstić information content (AvgIpc) is 3.34. The quantitative estimate of drug-likeness (QED) is 0.805. The van der Waals surface area contributed by atoms with Crippen molar-refractivity contribution in [1.82, 2.24) is 4.90 Å². The Hall–Kier alpha value is -2.49. The van der Waals surface area contributed by atoms with Crippen LogP contribution in [-0.2, 0) is 16.6 Å². The van der Waals surface area contributed by atoms with Gasteiger partial charge in [0, 0.05) is 13.5 Å². The Labute approximate surface area is 161 Å². The molecule has 0 aromatic heterocycles. The maximum atomic E-state index is 13.5. The van der Waals surface area contributed by atoms with E-state index >= 15 is 0 Å². The van der Waals surface area contributed by atoms with Crippen molar-refractivity contribution >= 4 is 5.91 Å². The lowest BCUT2D eigenvalue weighted by atomic mass is 9.77. The van der Waals surface area contributed by atoms with Gasteiger partial charge in [0.25, 0.3) is 0 Å². The molecule has 0 saturated heterocycles. The van der Waals surface area contributed by atoms with Crippen LogP contribution in [-0.4, -0.2) is 37.6 Å². The summed E-state index contributed by atoms with van der Waals surface area (Å²) in [6.07, 6.45) is 4.91. The lowest BCUT2D eigenvalue weighted by Gasteiger charge is -2.34. The third kappa shape index (κ3) is 3.29. The van der Waals surface area contributed by atoms with Crippen LogP contribution in [0.1, 0.15) is 36.8 Å². The van der Waals surface area contributed by atoms with Crippen molar-refractivity contribution in [3.05, 3.63) is 59.7 Å². The highest BCUT2D eigenvalue weighted by Gasteiger charge is 2.44. The molecule has 1 heterocycles. The molecule has 0 N–H and O–H groups in total. The van der Waals surface area contributed by atoms with E-state index in [1.54, 1.807) is 7.11 Å². The number of carbonyl (C=O) groups excluding carboxylic acids is 1. The van der Waals surface area contributed by atoms with Gasteiger partial charge in [0.15, 0.2) is 0 Å². The number of fused-ring (bicyclic) bond motifs is 1. The standard InChI is InChI=1S/C23H27NO3/c1-24(16-20-15-17-7-3-4-8-21(17)27-20)22(25)23(13-5-6-14-23)18-9-11-19(26-2)12-10-18/h3-4,7-12,20H,5-6,13-16H2,1-2H3/t20-/m1/s1. The molecule has 2 aliphatic rings. The van der Waals surface area contributed by atoms with E-state index in [2.05, 4.69) is 18.2 Å². The molecule has 4 nitrogen and oxygen atoms in total. The molecule has 1 aliphatic carbocycles. The molecule has 1 fully saturated rings. The second-order valence-electron chi connectivity index (χ2n) is 7.76. The van der Waals surface area contributed by atoms with Crippen molar-refractivity contribution in [3.8, 4) is 11.5 Å². The maximum Gasteiger partial charge on any atom is 0.233 e. The molecular weight excluding hydrogens is 338 g/mol. The van der Waals surface area contributed by atoms with Crippen LogP contribution < -0.4 is 9.47 Å². The van der Waals surface area contributed by atoms with Crippen molar-refractivity contribution in [2.24, 2.45) is 0 Å². The average molecular weight is 365 g/mol. The number of para-hydroxylation sites is 1. The first-order chi connectivity index (χ1) is 13.1. The van der Waals surface area contributed by atoms with Gasteiger partial charge >= 0.3 is 0 Å². The van der Waals surface area contributed by atoms with Crippen molar-refractivity contribution in [2.75, 3.05) is 20.7 Å². The Balaban J connectivity index is 1.50. The predicted octanol–water partition coefficient (Wildman–Crippen LogP) is 3.97. The fourth-order valence-corrected chi connectivity index (χ4v) is 4.62. The summed E-state index contributed by atoms with van der Waals surface area (Å²) in [6.45, 7) is 0.616. The molecule has 4 rings (SSSR count). The van der Waals surface area contributed by atoms with Crippen molar-refractivity contribution in [1.29, 1.82) is 0 Å². The molecule has 142 valence electrons. The topological polar surface area (TPSA) is 38.8 Å². The van der Waals surface area contributed by atoms with Gasteiger partial charge in [-0.25, -0.2) is 0 Å². The van der Waals surface area contributed by atoms with Crippen LogP contribution in [0, 0.1) is 0 Å². The lowest BCUT2D eigenvalue weighted by Crippen LogP contribution is -2.46. The van der Waals surface area contributed by atoms with E-state index in [4.69, 9.17) is 9.47 Å². The van der Waals surface area contributed by atoms with Gasteiger partial charge in [-0.3, -0.25) is 4.79 Å². The minimum absolute atomic E-state index is 0.0330.